The van der Waals surface area contributed by atoms with Crippen LogP contribution in [-0.2, 0) is 13.0 Å². The van der Waals surface area contributed by atoms with Gasteiger partial charge in [-0.25, -0.2) is 4.68 Å². The SMILES string of the molecule is Cc1cccc2[nH]cc(Cc3nn(Cc4cc(=O)[nH]o4)c(=O)c4ccccc34)c12. The summed E-state index contributed by atoms with van der Waals surface area (Å²) in [5.74, 6) is 0.355. The van der Waals surface area contributed by atoms with Crippen LogP contribution in [0.15, 0.2) is 68.8 Å². The van der Waals surface area contributed by atoms with Crippen LogP contribution >= 0.6 is 0 Å². The van der Waals surface area contributed by atoms with E-state index in [1.165, 1.54) is 21.7 Å². The topological polar surface area (TPSA) is 96.7 Å². The average molecular weight is 386 g/mol. The minimum atomic E-state index is -0.344. The van der Waals surface area contributed by atoms with Crippen LogP contribution in [0.25, 0.3) is 21.7 Å². The van der Waals surface area contributed by atoms with Crippen molar-refractivity contribution in [1.29, 1.82) is 0 Å². The Labute approximate surface area is 164 Å². The Kier molecular flexibility index (Phi) is 3.94. The highest BCUT2D eigenvalue weighted by molar-refractivity contribution is 5.88. The first-order chi connectivity index (χ1) is 14.1. The van der Waals surface area contributed by atoms with Gasteiger partial charge in [0.2, 0.25) is 0 Å². The van der Waals surface area contributed by atoms with Crippen molar-refractivity contribution in [2.45, 2.75) is 19.9 Å². The number of nitrogens with zero attached hydrogens (tertiary/aromatic N) is 2. The maximum absolute atomic E-state index is 12.9. The third kappa shape index (κ3) is 2.97. The fraction of sp³-hybridized carbons (Fsp3) is 0.136. The zero-order chi connectivity index (χ0) is 20.0. The second kappa shape index (κ2) is 6.63. The lowest BCUT2D eigenvalue weighted by Crippen LogP contribution is -2.25. The number of nitrogens with one attached hydrogen (secondary N) is 2. The van der Waals surface area contributed by atoms with Gasteiger partial charge in [-0.3, -0.25) is 9.59 Å². The first-order valence-electron chi connectivity index (χ1n) is 9.32. The van der Waals surface area contributed by atoms with Gasteiger partial charge in [0.1, 0.15) is 6.54 Å². The third-order valence-electron chi connectivity index (χ3n) is 5.18. The molecule has 0 saturated carbocycles. The fourth-order valence-corrected chi connectivity index (χ4v) is 3.86. The highest BCUT2D eigenvalue weighted by Gasteiger charge is 2.15. The molecule has 29 heavy (non-hydrogen) atoms. The molecule has 2 N–H and O–H groups in total. The van der Waals surface area contributed by atoms with Gasteiger partial charge in [0.15, 0.2) is 5.76 Å². The molecule has 5 aromatic rings. The summed E-state index contributed by atoms with van der Waals surface area (Å²) >= 11 is 0. The van der Waals surface area contributed by atoms with Gasteiger partial charge in [-0.1, -0.05) is 30.3 Å². The molecular weight excluding hydrogens is 368 g/mol. The number of aromatic amines is 2. The number of H-pyrrole nitrogens is 2. The summed E-state index contributed by atoms with van der Waals surface area (Å²) in [7, 11) is 0. The Morgan fingerprint density at radius 1 is 1.07 bits per heavy atom. The molecule has 0 unspecified atom stereocenters. The standard InChI is InChI=1S/C22H18N4O3/c1-13-5-4-8-18-21(13)14(11-23-18)9-19-16-6-2-3-7-17(16)22(28)26(24-19)12-15-10-20(27)25-29-15/h2-8,10-11,23H,9,12H2,1H3,(H,25,27). The van der Waals surface area contributed by atoms with Crippen molar-refractivity contribution in [2.75, 3.05) is 0 Å². The predicted molar refractivity (Wildman–Crippen MR) is 110 cm³/mol. The van der Waals surface area contributed by atoms with Crippen LogP contribution in [0.1, 0.15) is 22.6 Å². The van der Waals surface area contributed by atoms with E-state index in [4.69, 9.17) is 4.52 Å². The van der Waals surface area contributed by atoms with Crippen molar-refractivity contribution in [3.05, 3.63) is 98.0 Å². The van der Waals surface area contributed by atoms with Crippen molar-refractivity contribution >= 4 is 21.7 Å². The summed E-state index contributed by atoms with van der Waals surface area (Å²) in [6.45, 7) is 2.17. The Balaban J connectivity index is 1.67. The molecule has 0 saturated heterocycles. The zero-order valence-electron chi connectivity index (χ0n) is 15.7. The van der Waals surface area contributed by atoms with Gasteiger partial charge in [0.25, 0.3) is 11.1 Å². The predicted octanol–water partition coefficient (Wildman–Crippen LogP) is 3.11. The first kappa shape index (κ1) is 17.2. The van der Waals surface area contributed by atoms with E-state index >= 15 is 0 Å². The lowest BCUT2D eigenvalue weighted by Gasteiger charge is -2.10. The molecule has 3 aromatic heterocycles. The first-order valence-corrected chi connectivity index (χ1v) is 9.32. The molecule has 0 fully saturated rings. The number of benzene rings is 2. The van der Waals surface area contributed by atoms with Crippen molar-refractivity contribution in [3.8, 4) is 0 Å². The molecule has 3 heterocycles. The van der Waals surface area contributed by atoms with Crippen molar-refractivity contribution in [3.63, 3.8) is 0 Å². The minimum Gasteiger partial charge on any atom is -0.382 e. The molecule has 7 nitrogen and oxygen atoms in total. The zero-order valence-corrected chi connectivity index (χ0v) is 15.7. The lowest BCUT2D eigenvalue weighted by molar-refractivity contribution is 0.364. The van der Waals surface area contributed by atoms with Crippen molar-refractivity contribution in [2.24, 2.45) is 0 Å². The largest absolute Gasteiger partial charge is 0.382 e. The maximum Gasteiger partial charge on any atom is 0.280 e. The average Bonchev–Trinajstić information content (AvgIpc) is 3.32. The summed E-state index contributed by atoms with van der Waals surface area (Å²) < 4.78 is 6.46. The summed E-state index contributed by atoms with van der Waals surface area (Å²) in [5.41, 5.74) is 3.61. The molecule has 7 heteroatoms. The quantitative estimate of drug-likeness (QED) is 0.496. The molecule has 0 spiro atoms. The van der Waals surface area contributed by atoms with Gasteiger partial charge in [0, 0.05) is 35.0 Å². The van der Waals surface area contributed by atoms with Gasteiger partial charge in [0.05, 0.1) is 11.1 Å². The van der Waals surface area contributed by atoms with Crippen molar-refractivity contribution < 1.29 is 4.52 Å². The van der Waals surface area contributed by atoms with E-state index in [0.717, 1.165) is 22.2 Å². The monoisotopic (exact) mass is 386 g/mol. The van der Waals surface area contributed by atoms with Crippen LogP contribution < -0.4 is 11.1 Å². The normalized spacial score (nSPS) is 11.5. The van der Waals surface area contributed by atoms with Crippen LogP contribution in [-0.4, -0.2) is 19.9 Å². The number of aryl methyl sites for hydroxylation is 1. The minimum absolute atomic E-state index is 0.0856. The highest BCUT2D eigenvalue weighted by atomic mass is 16.5. The van der Waals surface area contributed by atoms with Crippen LogP contribution in [0.5, 0.6) is 0 Å². The fourth-order valence-electron chi connectivity index (χ4n) is 3.86. The van der Waals surface area contributed by atoms with Gasteiger partial charge in [-0.05, 0) is 30.2 Å². The van der Waals surface area contributed by atoms with E-state index in [1.54, 1.807) is 6.07 Å². The van der Waals surface area contributed by atoms with Crippen LogP contribution in [0.4, 0.5) is 0 Å². The summed E-state index contributed by atoms with van der Waals surface area (Å²) in [4.78, 5) is 27.6. The molecule has 2 aromatic carbocycles. The maximum atomic E-state index is 12.9. The molecule has 5 rings (SSSR count). The second-order valence-electron chi connectivity index (χ2n) is 7.12. The van der Waals surface area contributed by atoms with Gasteiger partial charge in [-0.15, -0.1) is 0 Å². The summed E-state index contributed by atoms with van der Waals surface area (Å²) in [5, 5.41) is 9.47. The molecule has 0 bridgehead atoms. The van der Waals surface area contributed by atoms with Gasteiger partial charge < -0.3 is 9.51 Å². The lowest BCUT2D eigenvalue weighted by atomic mass is 10.0. The number of hydrogen-bond acceptors (Lipinski definition) is 4. The number of fused-ring (bicyclic) bond motifs is 2. The van der Waals surface area contributed by atoms with E-state index in [1.807, 2.05) is 36.5 Å². The van der Waals surface area contributed by atoms with E-state index in [2.05, 4.69) is 28.2 Å². The van der Waals surface area contributed by atoms with Crippen LogP contribution in [0.2, 0.25) is 0 Å². The molecule has 0 aliphatic carbocycles. The van der Waals surface area contributed by atoms with Crippen LogP contribution in [0.3, 0.4) is 0 Å². The highest BCUT2D eigenvalue weighted by Crippen LogP contribution is 2.25. The molecule has 0 atom stereocenters. The van der Waals surface area contributed by atoms with Crippen LogP contribution in [0, 0.1) is 6.92 Å². The number of hydrogen-bond donors (Lipinski definition) is 2. The van der Waals surface area contributed by atoms with Gasteiger partial charge >= 0.3 is 0 Å². The summed E-state index contributed by atoms with van der Waals surface area (Å²) in [6, 6.07) is 14.9. The molecule has 0 radical (unpaired) electrons. The Hall–Kier alpha value is -3.87. The molecule has 0 aliphatic heterocycles. The van der Waals surface area contributed by atoms with E-state index in [9.17, 15) is 9.59 Å². The summed E-state index contributed by atoms with van der Waals surface area (Å²) in [6.07, 6.45) is 2.57. The number of rotatable bonds is 4. The smallest absolute Gasteiger partial charge is 0.280 e. The number of aromatic nitrogens is 4. The van der Waals surface area contributed by atoms with E-state index < -0.39 is 0 Å². The second-order valence-corrected chi connectivity index (χ2v) is 7.12. The van der Waals surface area contributed by atoms with Crippen molar-refractivity contribution in [1.82, 2.24) is 19.9 Å². The third-order valence-corrected chi connectivity index (χ3v) is 5.18. The Bertz CT molecular complexity index is 1470. The molecule has 0 aliphatic rings. The van der Waals surface area contributed by atoms with E-state index in [-0.39, 0.29) is 17.7 Å². The molecule has 144 valence electrons. The van der Waals surface area contributed by atoms with E-state index in [0.29, 0.717) is 17.6 Å². The van der Waals surface area contributed by atoms with Gasteiger partial charge in [-0.2, -0.15) is 10.3 Å². The Morgan fingerprint density at radius 2 is 1.90 bits per heavy atom. The molecule has 0 amide bonds. The molecular formula is C22H18N4O3. The Morgan fingerprint density at radius 3 is 2.69 bits per heavy atom.